The van der Waals surface area contributed by atoms with E-state index in [1.165, 1.54) is 22.7 Å². The van der Waals surface area contributed by atoms with Crippen LogP contribution in [0.25, 0.3) is 10.2 Å². The highest BCUT2D eigenvalue weighted by atomic mass is 32.1. The lowest BCUT2D eigenvalue weighted by Crippen LogP contribution is -2.23. The normalized spacial score (nSPS) is 11.7. The van der Waals surface area contributed by atoms with E-state index in [0.717, 1.165) is 10.2 Å². The standard InChI is InChI=1S/C18H18N2O4S2/c1-3-23-12-7-5-8-13-16(12)20(11-15(21)24-4-2)18(26-13)19-17(22)14-9-6-10-25-14/h5-10H,3-4,11H2,1-2H3. The lowest BCUT2D eigenvalue weighted by Gasteiger charge is -2.09. The largest absolute Gasteiger partial charge is 0.492 e. The number of thiazole rings is 1. The second-order valence-electron chi connectivity index (χ2n) is 5.21. The Morgan fingerprint density at radius 2 is 2.00 bits per heavy atom. The van der Waals surface area contributed by atoms with E-state index >= 15 is 0 Å². The number of nitrogens with zero attached hydrogens (tertiary/aromatic N) is 2. The number of thiophene rings is 1. The molecule has 0 aliphatic heterocycles. The van der Waals surface area contributed by atoms with Crippen molar-refractivity contribution in [1.82, 2.24) is 4.57 Å². The fourth-order valence-electron chi connectivity index (χ4n) is 2.48. The van der Waals surface area contributed by atoms with Crippen LogP contribution in [0.15, 0.2) is 40.7 Å². The number of para-hydroxylation sites is 1. The molecule has 2 heterocycles. The molecule has 3 rings (SSSR count). The highest BCUT2D eigenvalue weighted by Crippen LogP contribution is 2.27. The number of hydrogen-bond donors (Lipinski definition) is 0. The quantitative estimate of drug-likeness (QED) is 0.605. The van der Waals surface area contributed by atoms with Crippen LogP contribution in [0, 0.1) is 0 Å². The molecule has 136 valence electrons. The van der Waals surface area contributed by atoms with Gasteiger partial charge in [-0.15, -0.1) is 11.3 Å². The smallest absolute Gasteiger partial charge is 0.326 e. The van der Waals surface area contributed by atoms with Gasteiger partial charge in [0.15, 0.2) is 4.80 Å². The van der Waals surface area contributed by atoms with Crippen LogP contribution in [0.1, 0.15) is 23.5 Å². The number of amides is 1. The number of rotatable bonds is 6. The maximum Gasteiger partial charge on any atom is 0.326 e. The second-order valence-corrected chi connectivity index (χ2v) is 7.16. The molecule has 0 spiro atoms. The Hall–Kier alpha value is -2.45. The van der Waals surface area contributed by atoms with E-state index in [0.29, 0.717) is 28.6 Å². The Morgan fingerprint density at radius 1 is 1.15 bits per heavy atom. The number of fused-ring (bicyclic) bond motifs is 1. The molecule has 3 aromatic rings. The van der Waals surface area contributed by atoms with Gasteiger partial charge in [0.2, 0.25) is 0 Å². The molecule has 0 atom stereocenters. The van der Waals surface area contributed by atoms with Gasteiger partial charge in [-0.3, -0.25) is 9.59 Å². The molecule has 0 saturated carbocycles. The summed E-state index contributed by atoms with van der Waals surface area (Å²) in [5, 5.41) is 1.83. The van der Waals surface area contributed by atoms with Crippen molar-refractivity contribution >= 4 is 44.8 Å². The van der Waals surface area contributed by atoms with E-state index in [-0.39, 0.29) is 18.4 Å². The van der Waals surface area contributed by atoms with Crippen LogP contribution in [0.5, 0.6) is 5.75 Å². The van der Waals surface area contributed by atoms with Gasteiger partial charge in [0, 0.05) is 0 Å². The molecule has 0 unspecified atom stereocenters. The number of hydrogen-bond acceptors (Lipinski definition) is 6. The summed E-state index contributed by atoms with van der Waals surface area (Å²) in [6.07, 6.45) is 0. The van der Waals surface area contributed by atoms with Crippen LogP contribution in [0.2, 0.25) is 0 Å². The minimum Gasteiger partial charge on any atom is -0.492 e. The lowest BCUT2D eigenvalue weighted by molar-refractivity contribution is -0.143. The van der Waals surface area contributed by atoms with E-state index in [2.05, 4.69) is 4.99 Å². The summed E-state index contributed by atoms with van der Waals surface area (Å²) in [4.78, 5) is 29.7. The zero-order valence-corrected chi connectivity index (χ0v) is 16.1. The summed E-state index contributed by atoms with van der Waals surface area (Å²) in [5.74, 6) is -0.0683. The molecule has 0 bridgehead atoms. The van der Waals surface area contributed by atoms with E-state index in [1.54, 1.807) is 23.6 Å². The average Bonchev–Trinajstić information content (AvgIpc) is 3.25. The second kappa shape index (κ2) is 8.29. The third-order valence-corrected chi connectivity index (χ3v) is 5.39. The molecule has 6 nitrogen and oxygen atoms in total. The van der Waals surface area contributed by atoms with Gasteiger partial charge in [0.25, 0.3) is 5.91 Å². The fraction of sp³-hybridized carbons (Fsp3) is 0.278. The summed E-state index contributed by atoms with van der Waals surface area (Å²) >= 11 is 2.67. The van der Waals surface area contributed by atoms with Crippen LogP contribution in [0.4, 0.5) is 0 Å². The van der Waals surface area contributed by atoms with Crippen molar-refractivity contribution in [2.45, 2.75) is 20.4 Å². The van der Waals surface area contributed by atoms with Crippen molar-refractivity contribution in [2.75, 3.05) is 13.2 Å². The van der Waals surface area contributed by atoms with E-state index in [9.17, 15) is 9.59 Å². The molecule has 1 aromatic carbocycles. The van der Waals surface area contributed by atoms with E-state index in [1.807, 2.05) is 30.5 Å². The third kappa shape index (κ3) is 3.86. The topological polar surface area (TPSA) is 69.9 Å². The van der Waals surface area contributed by atoms with Crippen molar-refractivity contribution in [3.8, 4) is 5.75 Å². The average molecular weight is 390 g/mol. The molecule has 8 heteroatoms. The first kappa shape index (κ1) is 18.3. The number of esters is 1. The zero-order valence-electron chi connectivity index (χ0n) is 14.4. The van der Waals surface area contributed by atoms with E-state index < -0.39 is 0 Å². The molecular weight excluding hydrogens is 372 g/mol. The van der Waals surface area contributed by atoms with E-state index in [4.69, 9.17) is 9.47 Å². The Bertz CT molecular complexity index is 986. The first-order chi connectivity index (χ1) is 12.6. The van der Waals surface area contributed by atoms with Gasteiger partial charge < -0.3 is 14.0 Å². The lowest BCUT2D eigenvalue weighted by atomic mass is 10.3. The highest BCUT2D eigenvalue weighted by molar-refractivity contribution is 7.16. The van der Waals surface area contributed by atoms with Crippen molar-refractivity contribution in [2.24, 2.45) is 4.99 Å². The molecule has 0 fully saturated rings. The predicted molar refractivity (Wildman–Crippen MR) is 102 cm³/mol. The van der Waals surface area contributed by atoms with Gasteiger partial charge in [-0.05, 0) is 37.4 Å². The molecule has 0 radical (unpaired) electrons. The number of ether oxygens (including phenoxy) is 2. The summed E-state index contributed by atoms with van der Waals surface area (Å²) in [5.41, 5.74) is 0.741. The first-order valence-electron chi connectivity index (χ1n) is 8.17. The maximum atomic E-state index is 12.4. The van der Waals surface area contributed by atoms with Gasteiger partial charge in [-0.25, -0.2) is 0 Å². The summed E-state index contributed by atoms with van der Waals surface area (Å²) in [7, 11) is 0. The number of carbonyl (C=O) groups excluding carboxylic acids is 2. The molecule has 0 saturated heterocycles. The molecule has 0 aliphatic carbocycles. The van der Waals surface area contributed by atoms with Crippen LogP contribution < -0.4 is 9.54 Å². The van der Waals surface area contributed by atoms with Crippen molar-refractivity contribution in [1.29, 1.82) is 0 Å². The van der Waals surface area contributed by atoms with Crippen LogP contribution in [-0.4, -0.2) is 29.7 Å². The van der Waals surface area contributed by atoms with Crippen molar-refractivity contribution in [3.63, 3.8) is 0 Å². The minimum atomic E-state index is -0.386. The van der Waals surface area contributed by atoms with Crippen molar-refractivity contribution < 1.29 is 19.1 Å². The van der Waals surface area contributed by atoms with Crippen LogP contribution in [-0.2, 0) is 16.1 Å². The number of carbonyl (C=O) groups is 2. The van der Waals surface area contributed by atoms with Gasteiger partial charge in [-0.1, -0.05) is 23.5 Å². The molecular formula is C18H18N2O4S2. The number of aromatic nitrogens is 1. The summed E-state index contributed by atoms with van der Waals surface area (Å²) in [6.45, 7) is 4.40. The SMILES string of the molecule is CCOC(=O)Cn1c(=NC(=O)c2cccs2)sc2cccc(OCC)c21. The summed E-state index contributed by atoms with van der Waals surface area (Å²) in [6, 6.07) is 9.16. The fourth-order valence-corrected chi connectivity index (χ4v) is 4.13. The monoisotopic (exact) mass is 390 g/mol. The van der Waals surface area contributed by atoms with Gasteiger partial charge in [0.05, 0.1) is 22.8 Å². The Morgan fingerprint density at radius 3 is 2.69 bits per heavy atom. The summed E-state index contributed by atoms with van der Waals surface area (Å²) < 4.78 is 13.4. The Labute approximate surface area is 158 Å². The van der Waals surface area contributed by atoms with Gasteiger partial charge in [-0.2, -0.15) is 4.99 Å². The minimum absolute atomic E-state index is 0.0333. The molecule has 1 amide bonds. The maximum absolute atomic E-state index is 12.4. The van der Waals surface area contributed by atoms with Crippen molar-refractivity contribution in [3.05, 3.63) is 45.4 Å². The zero-order chi connectivity index (χ0) is 18.5. The van der Waals surface area contributed by atoms with Crippen LogP contribution in [0.3, 0.4) is 0 Å². The van der Waals surface area contributed by atoms with Crippen LogP contribution >= 0.6 is 22.7 Å². The Kier molecular flexibility index (Phi) is 5.85. The number of benzene rings is 1. The molecule has 0 aliphatic rings. The molecule has 26 heavy (non-hydrogen) atoms. The highest BCUT2D eigenvalue weighted by Gasteiger charge is 2.16. The Balaban J connectivity index is 2.16. The van der Waals surface area contributed by atoms with Gasteiger partial charge >= 0.3 is 5.97 Å². The predicted octanol–water partition coefficient (Wildman–Crippen LogP) is 3.47. The third-order valence-electron chi connectivity index (χ3n) is 3.49. The molecule has 2 aromatic heterocycles. The first-order valence-corrected chi connectivity index (χ1v) is 9.87. The molecule has 0 N–H and O–H groups in total. The van der Waals surface area contributed by atoms with Gasteiger partial charge in [0.1, 0.15) is 17.8 Å².